The molecule has 30 heavy (non-hydrogen) atoms. The summed E-state index contributed by atoms with van der Waals surface area (Å²) >= 11 is 0. The van der Waals surface area contributed by atoms with Gasteiger partial charge in [-0.1, -0.05) is 34.1 Å². The molecule has 0 aliphatic carbocycles. The summed E-state index contributed by atoms with van der Waals surface area (Å²) in [7, 11) is 0. The average Bonchev–Trinajstić information content (AvgIpc) is 2.68. The van der Waals surface area contributed by atoms with E-state index in [-0.39, 0.29) is 42.5 Å². The maximum absolute atomic E-state index is 11.1. The number of aliphatic hydroxyl groups excluding tert-OH is 1. The molecule has 1 N–H and O–H groups in total. The van der Waals surface area contributed by atoms with Crippen molar-refractivity contribution < 1.29 is 28.8 Å². The Morgan fingerprint density at radius 1 is 0.900 bits per heavy atom. The van der Waals surface area contributed by atoms with Crippen LogP contribution in [0.2, 0.25) is 0 Å². The number of hydrogen-bond donors (Lipinski definition) is 1. The molecule has 4 aliphatic rings. The first kappa shape index (κ1) is 22.9. The topological polar surface area (TPSA) is 66.4 Å². The van der Waals surface area contributed by atoms with Crippen molar-refractivity contribution in [3.63, 3.8) is 0 Å². The Morgan fingerprint density at radius 2 is 1.67 bits per heavy atom. The van der Waals surface area contributed by atoms with E-state index in [2.05, 4.69) is 27.7 Å². The minimum atomic E-state index is -0.591. The molecule has 0 saturated carbocycles. The van der Waals surface area contributed by atoms with Gasteiger partial charge in [0, 0.05) is 18.8 Å². The Labute approximate surface area is 181 Å². The highest BCUT2D eigenvalue weighted by Gasteiger charge is 2.52. The number of ether oxygens (including phenoxy) is 5. The van der Waals surface area contributed by atoms with Gasteiger partial charge < -0.3 is 28.8 Å². The third-order valence-corrected chi connectivity index (χ3v) is 7.96. The maximum atomic E-state index is 11.1. The van der Waals surface area contributed by atoms with E-state index in [1.54, 1.807) is 0 Å². The zero-order chi connectivity index (χ0) is 21.6. The van der Waals surface area contributed by atoms with Crippen LogP contribution < -0.4 is 0 Å². The fourth-order valence-corrected chi connectivity index (χ4v) is 5.90. The van der Waals surface area contributed by atoms with Crippen LogP contribution in [-0.2, 0) is 23.7 Å². The van der Waals surface area contributed by atoms with E-state index in [0.29, 0.717) is 24.5 Å². The zero-order valence-electron chi connectivity index (χ0n) is 19.6. The molecule has 6 nitrogen and oxygen atoms in total. The molecule has 4 aliphatic heterocycles. The lowest BCUT2D eigenvalue weighted by atomic mass is 9.77. The van der Waals surface area contributed by atoms with Gasteiger partial charge in [0.2, 0.25) is 0 Å². The minimum Gasteiger partial charge on any atom is -0.390 e. The van der Waals surface area contributed by atoms with Crippen LogP contribution in [0.5, 0.6) is 0 Å². The Balaban J connectivity index is 1.43. The molecule has 4 heterocycles. The molecule has 4 saturated heterocycles. The van der Waals surface area contributed by atoms with Crippen LogP contribution in [0, 0.1) is 17.8 Å². The molecule has 3 unspecified atom stereocenters. The Kier molecular flexibility index (Phi) is 6.84. The van der Waals surface area contributed by atoms with Crippen LogP contribution in [0.4, 0.5) is 0 Å². The largest absolute Gasteiger partial charge is 0.390 e. The van der Waals surface area contributed by atoms with Crippen molar-refractivity contribution in [2.75, 3.05) is 6.61 Å². The van der Waals surface area contributed by atoms with Gasteiger partial charge in [-0.3, -0.25) is 0 Å². The molecule has 0 radical (unpaired) electrons. The lowest BCUT2D eigenvalue weighted by molar-refractivity contribution is -0.356. The lowest BCUT2D eigenvalue weighted by Crippen LogP contribution is -2.64. The fraction of sp³-hybridized carbons (Fsp3) is 1.00. The van der Waals surface area contributed by atoms with Gasteiger partial charge >= 0.3 is 0 Å². The molecule has 4 rings (SSSR count). The molecule has 11 atom stereocenters. The van der Waals surface area contributed by atoms with Crippen LogP contribution in [0.3, 0.4) is 0 Å². The van der Waals surface area contributed by atoms with Gasteiger partial charge in [-0.05, 0) is 38.5 Å². The van der Waals surface area contributed by atoms with Gasteiger partial charge in [0.05, 0.1) is 49.3 Å². The van der Waals surface area contributed by atoms with Crippen molar-refractivity contribution in [3.05, 3.63) is 0 Å². The van der Waals surface area contributed by atoms with E-state index in [4.69, 9.17) is 23.7 Å². The quantitative estimate of drug-likeness (QED) is 0.740. The van der Waals surface area contributed by atoms with E-state index < -0.39 is 11.9 Å². The molecule has 4 fully saturated rings. The number of rotatable bonds is 4. The highest BCUT2D eigenvalue weighted by Crippen LogP contribution is 2.42. The smallest absolute Gasteiger partial charge is 0.163 e. The van der Waals surface area contributed by atoms with Crippen LogP contribution in [-0.4, -0.2) is 66.3 Å². The molecule has 0 aromatic carbocycles. The second-order valence-electron chi connectivity index (χ2n) is 10.7. The predicted molar refractivity (Wildman–Crippen MR) is 113 cm³/mol. The first-order chi connectivity index (χ1) is 14.2. The van der Waals surface area contributed by atoms with Gasteiger partial charge in [0.25, 0.3) is 0 Å². The summed E-state index contributed by atoms with van der Waals surface area (Å²) in [6, 6.07) is 0. The van der Waals surface area contributed by atoms with Crippen molar-refractivity contribution in [2.45, 2.75) is 128 Å². The zero-order valence-corrected chi connectivity index (χ0v) is 19.6. The molecule has 0 amide bonds. The lowest BCUT2D eigenvalue weighted by Gasteiger charge is -2.53. The van der Waals surface area contributed by atoms with E-state index >= 15 is 0 Å². The van der Waals surface area contributed by atoms with Gasteiger partial charge in [-0.2, -0.15) is 0 Å². The van der Waals surface area contributed by atoms with E-state index in [9.17, 15) is 5.11 Å². The summed E-state index contributed by atoms with van der Waals surface area (Å²) in [6.07, 6.45) is 4.27. The van der Waals surface area contributed by atoms with Crippen molar-refractivity contribution in [2.24, 2.45) is 17.8 Å². The second kappa shape index (κ2) is 8.95. The third-order valence-electron chi connectivity index (χ3n) is 7.96. The first-order valence-corrected chi connectivity index (χ1v) is 12.1. The van der Waals surface area contributed by atoms with Crippen molar-refractivity contribution >= 4 is 0 Å². The monoisotopic (exact) mass is 426 g/mol. The highest BCUT2D eigenvalue weighted by atomic mass is 16.7. The van der Waals surface area contributed by atoms with E-state index in [1.807, 2.05) is 13.8 Å². The van der Waals surface area contributed by atoms with Crippen LogP contribution in [0.1, 0.15) is 73.6 Å². The summed E-state index contributed by atoms with van der Waals surface area (Å²) in [4.78, 5) is 0. The highest BCUT2D eigenvalue weighted by molar-refractivity contribution is 4.99. The first-order valence-electron chi connectivity index (χ1n) is 12.1. The van der Waals surface area contributed by atoms with E-state index in [1.165, 1.54) is 0 Å². The molecule has 0 aromatic heterocycles. The Morgan fingerprint density at radius 3 is 2.40 bits per heavy atom. The number of aliphatic hydroxyl groups is 1. The minimum absolute atomic E-state index is 0.00685. The number of fused-ring (bicyclic) bond motifs is 2. The molecule has 0 bridgehead atoms. The Bertz CT molecular complexity index is 582. The normalized spacial score (nSPS) is 51.1. The standard InChI is InChI=1S/C24H42O6/c1-7-8-16-9-13(2)14(3)17(27-16)10-19-22(25)15(4)23-20(28-19)11-18-21(29-23)12-26-24(5,6)30-18/h13-23,25H,7-12H2,1-6H3/t13-,14?,15-,16?,17-,18-,19?,20+,21-,22-,23+/m1/s1. The van der Waals surface area contributed by atoms with Crippen molar-refractivity contribution in [1.29, 1.82) is 0 Å². The SMILES string of the molecule is CCCC1C[C@@H](C)C(C)[C@@H](CC2O[C@H]3C[C@H]4OC(C)(C)OC[C@H]4O[C@H]3[C@H](C)[C@H]2O)O1. The average molecular weight is 427 g/mol. The Hall–Kier alpha value is -0.240. The van der Waals surface area contributed by atoms with Gasteiger partial charge in [-0.15, -0.1) is 0 Å². The van der Waals surface area contributed by atoms with Gasteiger partial charge in [0.15, 0.2) is 5.79 Å². The fourth-order valence-electron chi connectivity index (χ4n) is 5.90. The summed E-state index contributed by atoms with van der Waals surface area (Å²) < 4.78 is 31.2. The van der Waals surface area contributed by atoms with Crippen molar-refractivity contribution in [3.8, 4) is 0 Å². The van der Waals surface area contributed by atoms with Gasteiger partial charge in [-0.25, -0.2) is 0 Å². The molecule has 174 valence electrons. The molecule has 0 spiro atoms. The van der Waals surface area contributed by atoms with Crippen LogP contribution in [0.25, 0.3) is 0 Å². The molecule has 6 heteroatoms. The summed E-state index contributed by atoms with van der Waals surface area (Å²) in [5.41, 5.74) is 0. The van der Waals surface area contributed by atoms with Gasteiger partial charge in [0.1, 0.15) is 6.10 Å². The molecule has 0 aromatic rings. The van der Waals surface area contributed by atoms with Crippen LogP contribution in [0.15, 0.2) is 0 Å². The molecular weight excluding hydrogens is 384 g/mol. The third kappa shape index (κ3) is 4.60. The molecular formula is C24H42O6. The second-order valence-corrected chi connectivity index (χ2v) is 10.7. The maximum Gasteiger partial charge on any atom is 0.163 e. The summed E-state index contributed by atoms with van der Waals surface area (Å²) in [5, 5.41) is 11.1. The summed E-state index contributed by atoms with van der Waals surface area (Å²) in [6.45, 7) is 13.3. The number of hydrogen-bond acceptors (Lipinski definition) is 6. The van der Waals surface area contributed by atoms with Crippen molar-refractivity contribution in [1.82, 2.24) is 0 Å². The van der Waals surface area contributed by atoms with E-state index in [0.717, 1.165) is 32.1 Å². The van der Waals surface area contributed by atoms with Crippen LogP contribution >= 0.6 is 0 Å². The predicted octanol–water partition coefficient (Wildman–Crippen LogP) is 3.68. The summed E-state index contributed by atoms with van der Waals surface area (Å²) in [5.74, 6) is 0.510.